The van der Waals surface area contributed by atoms with E-state index in [1.54, 1.807) is 48.5 Å². The van der Waals surface area contributed by atoms with Gasteiger partial charge in [-0.2, -0.15) is 0 Å². The molecule has 0 fully saturated rings. The number of aromatic nitrogens is 2. The number of aryl methyl sites for hydroxylation is 1. The van der Waals surface area contributed by atoms with Crippen LogP contribution in [0, 0.1) is 11.8 Å². The van der Waals surface area contributed by atoms with Gasteiger partial charge in [-0.05, 0) is 54.4 Å². The molecule has 0 unspecified atom stereocenters. The predicted molar refractivity (Wildman–Crippen MR) is 132 cm³/mol. The van der Waals surface area contributed by atoms with Crippen LogP contribution >= 0.6 is 0 Å². The number of hydrogen-bond acceptors (Lipinski definition) is 6. The zero-order valence-electron chi connectivity index (χ0n) is 18.9. The van der Waals surface area contributed by atoms with Crippen LogP contribution in [0.15, 0.2) is 71.9 Å². The van der Waals surface area contributed by atoms with E-state index in [2.05, 4.69) is 26.5 Å². The molecule has 0 radical (unpaired) electrons. The highest BCUT2D eigenvalue weighted by molar-refractivity contribution is 7.93. The molecular weight excluding hydrogens is 466 g/mol. The fourth-order valence-electron chi connectivity index (χ4n) is 3.58. The number of sulfonamides is 1. The lowest BCUT2D eigenvalue weighted by Gasteiger charge is -2.13. The third-order valence-corrected chi connectivity index (χ3v) is 6.66. The summed E-state index contributed by atoms with van der Waals surface area (Å²) in [6.07, 6.45) is 3.40. The molecule has 0 amide bonds. The van der Waals surface area contributed by atoms with Crippen LogP contribution in [-0.4, -0.2) is 36.6 Å². The summed E-state index contributed by atoms with van der Waals surface area (Å²) in [4.78, 5) is 19.6. The Morgan fingerprint density at radius 2 is 1.89 bits per heavy atom. The molecule has 0 spiro atoms. The maximum absolute atomic E-state index is 13.3. The molecule has 0 bridgehead atoms. The van der Waals surface area contributed by atoms with Crippen molar-refractivity contribution in [2.45, 2.75) is 18.2 Å². The molecule has 176 valence electrons. The van der Waals surface area contributed by atoms with Crippen molar-refractivity contribution >= 4 is 32.6 Å². The molecule has 2 heterocycles. The predicted octanol–water partition coefficient (Wildman–Crippen LogP) is 4.10. The van der Waals surface area contributed by atoms with Crippen molar-refractivity contribution < 1.29 is 23.1 Å². The largest absolute Gasteiger partial charge is 0.496 e. The Balaban J connectivity index is 1.71. The Morgan fingerprint density at radius 3 is 2.63 bits per heavy atom. The Morgan fingerprint density at radius 1 is 1.09 bits per heavy atom. The zero-order chi connectivity index (χ0) is 25.0. The quantitative estimate of drug-likeness (QED) is 0.393. The minimum Gasteiger partial charge on any atom is -0.496 e. The molecule has 0 atom stereocenters. The second kappa shape index (κ2) is 9.83. The van der Waals surface area contributed by atoms with E-state index in [0.29, 0.717) is 45.5 Å². The summed E-state index contributed by atoms with van der Waals surface area (Å²) in [5, 5.41) is 9.83. The van der Waals surface area contributed by atoms with E-state index in [1.807, 2.05) is 6.92 Å². The summed E-state index contributed by atoms with van der Waals surface area (Å²) in [7, 11) is -2.50. The number of carboxylic acids is 1. The first-order chi connectivity index (χ1) is 16.8. The normalized spacial score (nSPS) is 10.9. The first-order valence-corrected chi connectivity index (χ1v) is 12.1. The van der Waals surface area contributed by atoms with E-state index in [0.717, 1.165) is 0 Å². The smallest absolute Gasteiger partial charge is 0.354 e. The number of carbonyl (C=O) groups is 1. The molecule has 2 N–H and O–H groups in total. The third-order valence-electron chi connectivity index (χ3n) is 5.27. The van der Waals surface area contributed by atoms with Gasteiger partial charge in [0.15, 0.2) is 5.69 Å². The number of methoxy groups -OCH3 is 1. The van der Waals surface area contributed by atoms with Crippen LogP contribution < -0.4 is 9.46 Å². The van der Waals surface area contributed by atoms with Crippen LogP contribution in [-0.2, 0) is 16.4 Å². The molecule has 0 aliphatic heterocycles. The number of benzene rings is 2. The van der Waals surface area contributed by atoms with E-state index in [1.165, 1.54) is 25.6 Å². The van der Waals surface area contributed by atoms with Crippen LogP contribution in [0.25, 0.3) is 10.9 Å². The molecule has 9 heteroatoms. The molecule has 4 aromatic rings. The van der Waals surface area contributed by atoms with E-state index in [9.17, 15) is 18.3 Å². The van der Waals surface area contributed by atoms with E-state index < -0.39 is 16.0 Å². The Bertz CT molecular complexity index is 1600. The van der Waals surface area contributed by atoms with Gasteiger partial charge in [-0.3, -0.25) is 9.71 Å². The monoisotopic (exact) mass is 487 g/mol. The second-order valence-corrected chi connectivity index (χ2v) is 9.11. The lowest BCUT2D eigenvalue weighted by atomic mass is 10.1. The first-order valence-electron chi connectivity index (χ1n) is 10.6. The van der Waals surface area contributed by atoms with Crippen molar-refractivity contribution in [1.82, 2.24) is 9.97 Å². The molecule has 0 aliphatic carbocycles. The van der Waals surface area contributed by atoms with Crippen molar-refractivity contribution in [3.8, 4) is 17.6 Å². The standard InChI is InChI=1S/C26H21N3O5S/c1-3-18-15-17(16-28-24(18)26(30)31)10-11-19-7-4-5-9-21(19)29-35(32,33)23-13-12-22(34-2)20-8-6-14-27-25(20)23/h4-9,12-16,29H,3H2,1-2H3,(H,30,31). The maximum Gasteiger partial charge on any atom is 0.354 e. The molecule has 2 aromatic carbocycles. The molecule has 2 aromatic heterocycles. The zero-order valence-corrected chi connectivity index (χ0v) is 19.8. The van der Waals surface area contributed by atoms with Crippen LogP contribution in [0.4, 0.5) is 5.69 Å². The van der Waals surface area contributed by atoms with Crippen molar-refractivity contribution in [1.29, 1.82) is 0 Å². The van der Waals surface area contributed by atoms with E-state index >= 15 is 0 Å². The van der Waals surface area contributed by atoms with Crippen molar-refractivity contribution in [3.05, 3.63) is 89.4 Å². The van der Waals surface area contributed by atoms with Gasteiger partial charge in [-0.15, -0.1) is 0 Å². The number of fused-ring (bicyclic) bond motifs is 1. The Kier molecular flexibility index (Phi) is 6.66. The highest BCUT2D eigenvalue weighted by Crippen LogP contribution is 2.30. The fourth-order valence-corrected chi connectivity index (χ4v) is 4.82. The minimum absolute atomic E-state index is 0.00784. The number of rotatable bonds is 6. The first kappa shape index (κ1) is 23.7. The summed E-state index contributed by atoms with van der Waals surface area (Å²) in [5.74, 6) is 5.33. The fraction of sp³-hybridized carbons (Fsp3) is 0.115. The van der Waals surface area contributed by atoms with Gasteiger partial charge in [0.25, 0.3) is 10.0 Å². The van der Waals surface area contributed by atoms with Gasteiger partial charge in [-0.1, -0.05) is 30.9 Å². The Hall–Kier alpha value is -4.42. The molecule has 0 aliphatic rings. The molecule has 35 heavy (non-hydrogen) atoms. The maximum atomic E-state index is 13.3. The Labute approximate surface area is 202 Å². The summed E-state index contributed by atoms with van der Waals surface area (Å²) >= 11 is 0. The molecule has 4 rings (SSSR count). The van der Waals surface area contributed by atoms with E-state index in [4.69, 9.17) is 4.74 Å². The highest BCUT2D eigenvalue weighted by Gasteiger charge is 2.21. The molecule has 0 saturated heterocycles. The van der Waals surface area contributed by atoms with Crippen LogP contribution in [0.2, 0.25) is 0 Å². The van der Waals surface area contributed by atoms with Gasteiger partial charge >= 0.3 is 5.97 Å². The number of pyridine rings is 2. The minimum atomic E-state index is -4.01. The summed E-state index contributed by atoms with van der Waals surface area (Å²) in [6, 6.07) is 14.9. The number of para-hydroxylation sites is 1. The summed E-state index contributed by atoms with van der Waals surface area (Å²) in [5.41, 5.74) is 2.12. The molecular formula is C26H21N3O5S. The van der Waals surface area contributed by atoms with Gasteiger partial charge in [0.2, 0.25) is 0 Å². The number of nitrogens with zero attached hydrogens (tertiary/aromatic N) is 2. The van der Waals surface area contributed by atoms with E-state index in [-0.39, 0.29) is 10.6 Å². The average Bonchev–Trinajstić information content (AvgIpc) is 2.86. The highest BCUT2D eigenvalue weighted by atomic mass is 32.2. The topological polar surface area (TPSA) is 118 Å². The van der Waals surface area contributed by atoms with Crippen molar-refractivity contribution in [3.63, 3.8) is 0 Å². The molecule has 0 saturated carbocycles. The van der Waals surface area contributed by atoms with Gasteiger partial charge in [0.05, 0.1) is 18.3 Å². The second-order valence-electron chi connectivity index (χ2n) is 7.46. The summed E-state index contributed by atoms with van der Waals surface area (Å²) in [6.45, 7) is 1.84. The number of carboxylic acid groups (broad SMARTS) is 1. The lowest BCUT2D eigenvalue weighted by molar-refractivity contribution is 0.0689. The van der Waals surface area contributed by atoms with Gasteiger partial charge in [0, 0.05) is 28.9 Å². The number of ether oxygens (including phenoxy) is 1. The van der Waals surface area contributed by atoms with Gasteiger partial charge in [-0.25, -0.2) is 18.2 Å². The SMILES string of the molecule is CCc1cc(C#Cc2ccccc2NS(=O)(=O)c2ccc(OC)c3cccnc23)cnc1C(=O)O. The van der Waals surface area contributed by atoms with Gasteiger partial charge in [0.1, 0.15) is 10.6 Å². The van der Waals surface area contributed by atoms with Crippen molar-refractivity contribution in [2.24, 2.45) is 0 Å². The molecule has 8 nitrogen and oxygen atoms in total. The number of nitrogens with one attached hydrogen (secondary N) is 1. The third kappa shape index (κ3) is 4.93. The number of hydrogen-bond donors (Lipinski definition) is 2. The van der Waals surface area contributed by atoms with Gasteiger partial charge < -0.3 is 9.84 Å². The van der Waals surface area contributed by atoms with Crippen LogP contribution in [0.5, 0.6) is 5.75 Å². The van der Waals surface area contributed by atoms with Crippen LogP contribution in [0.3, 0.4) is 0 Å². The lowest BCUT2D eigenvalue weighted by Crippen LogP contribution is -2.14. The van der Waals surface area contributed by atoms with Crippen LogP contribution in [0.1, 0.15) is 34.1 Å². The van der Waals surface area contributed by atoms with Crippen molar-refractivity contribution in [2.75, 3.05) is 11.8 Å². The number of aromatic carboxylic acids is 1. The average molecular weight is 488 g/mol. The summed E-state index contributed by atoms with van der Waals surface area (Å²) < 4.78 is 34.6. The number of anilines is 1.